The molecule has 0 aromatic rings. The first-order chi connectivity index (χ1) is 5.53. The number of carbonyl (C=O) groups is 1. The summed E-state index contributed by atoms with van der Waals surface area (Å²) >= 11 is 0. The summed E-state index contributed by atoms with van der Waals surface area (Å²) in [4.78, 5) is 10.7. The first kappa shape index (κ1) is 9.47. The van der Waals surface area contributed by atoms with Gasteiger partial charge in [0.15, 0.2) is 0 Å². The van der Waals surface area contributed by atoms with Gasteiger partial charge in [0.2, 0.25) is 0 Å². The Labute approximate surface area is 70.8 Å². The average molecular weight is 194 g/mol. The van der Waals surface area contributed by atoms with E-state index in [0.717, 1.165) is 0 Å². The van der Waals surface area contributed by atoms with Gasteiger partial charge in [-0.05, 0) is 0 Å². The molecule has 0 spiro atoms. The summed E-state index contributed by atoms with van der Waals surface area (Å²) in [5.41, 5.74) is 0. The van der Waals surface area contributed by atoms with E-state index in [9.17, 15) is 13.2 Å². The normalized spacial score (nSPS) is 26.9. The summed E-state index contributed by atoms with van der Waals surface area (Å²) in [6, 6.07) is 0. The van der Waals surface area contributed by atoms with Gasteiger partial charge in [0, 0.05) is 5.92 Å². The highest BCUT2D eigenvalue weighted by molar-refractivity contribution is 7.86. The monoisotopic (exact) mass is 194 g/mol. The van der Waals surface area contributed by atoms with E-state index in [4.69, 9.17) is 0 Å². The molecule has 0 amide bonds. The minimum absolute atomic E-state index is 0.0813. The number of methoxy groups -OCH3 is 1. The Morgan fingerprint density at radius 2 is 2.33 bits per heavy atom. The number of carbonyl (C=O) groups excluding carboxylic acids is 1. The molecule has 0 aromatic carbocycles. The van der Waals surface area contributed by atoms with E-state index in [0.29, 0.717) is 0 Å². The molecule has 0 aromatic heterocycles. The van der Waals surface area contributed by atoms with Crippen LogP contribution in [0.5, 0.6) is 0 Å². The van der Waals surface area contributed by atoms with E-state index >= 15 is 0 Å². The summed E-state index contributed by atoms with van der Waals surface area (Å²) in [6.45, 7) is 0.0947. The maximum atomic E-state index is 10.7. The zero-order chi connectivity index (χ0) is 9.19. The fourth-order valence-corrected chi connectivity index (χ4v) is 2.31. The molecule has 1 aliphatic rings. The molecule has 0 bridgehead atoms. The smallest absolute Gasteiger partial charge is 0.305 e. The molecule has 5 nitrogen and oxygen atoms in total. The number of esters is 1. The van der Waals surface area contributed by atoms with Crippen molar-refractivity contribution in [1.29, 1.82) is 0 Å². The van der Waals surface area contributed by atoms with Crippen molar-refractivity contribution in [1.82, 2.24) is 0 Å². The number of rotatable bonds is 2. The highest BCUT2D eigenvalue weighted by Gasteiger charge is 2.30. The molecular formula is C6H10O5S. The second kappa shape index (κ2) is 3.40. The molecular weight excluding hydrogens is 184 g/mol. The molecule has 1 saturated heterocycles. The van der Waals surface area contributed by atoms with Crippen LogP contribution in [0.3, 0.4) is 0 Å². The van der Waals surface area contributed by atoms with Crippen molar-refractivity contribution < 1.29 is 22.1 Å². The predicted octanol–water partition coefficient (Wildman–Crippen LogP) is -0.474. The molecule has 1 aliphatic heterocycles. The van der Waals surface area contributed by atoms with Crippen LogP contribution in [-0.4, -0.2) is 33.9 Å². The molecule has 1 heterocycles. The third-order valence-corrected chi connectivity index (χ3v) is 2.98. The second-order valence-corrected chi connectivity index (χ2v) is 4.34. The standard InChI is InChI=1S/C6H10O5S/c1-10-6(7)2-5-3-11-12(8,9)4-5/h5H,2-4H2,1H3/t5-/m0/s1. The Bertz CT molecular complexity index is 268. The molecule has 6 heteroatoms. The van der Waals surface area contributed by atoms with Crippen molar-refractivity contribution in [2.45, 2.75) is 6.42 Å². The maximum absolute atomic E-state index is 10.7. The molecule has 1 fully saturated rings. The van der Waals surface area contributed by atoms with Crippen LogP contribution >= 0.6 is 0 Å². The Kier molecular flexibility index (Phi) is 2.69. The van der Waals surface area contributed by atoms with Gasteiger partial charge in [-0.3, -0.25) is 8.98 Å². The van der Waals surface area contributed by atoms with Gasteiger partial charge in [-0.2, -0.15) is 8.42 Å². The molecule has 0 radical (unpaired) electrons. The third-order valence-electron chi connectivity index (χ3n) is 1.61. The summed E-state index contributed by atoms with van der Waals surface area (Å²) in [5, 5.41) is 0. The first-order valence-corrected chi connectivity index (χ1v) is 5.05. The lowest BCUT2D eigenvalue weighted by molar-refractivity contribution is -0.141. The summed E-state index contributed by atoms with van der Waals surface area (Å²) in [6.07, 6.45) is 0.107. The minimum atomic E-state index is -3.36. The van der Waals surface area contributed by atoms with Crippen LogP contribution < -0.4 is 0 Å². The van der Waals surface area contributed by atoms with E-state index in [1.165, 1.54) is 7.11 Å². The van der Waals surface area contributed by atoms with Gasteiger partial charge in [0.05, 0.1) is 25.9 Å². The zero-order valence-electron chi connectivity index (χ0n) is 6.65. The number of hydrogen-bond donors (Lipinski definition) is 0. The first-order valence-electron chi connectivity index (χ1n) is 3.47. The Hall–Kier alpha value is -0.620. The highest BCUT2D eigenvalue weighted by atomic mass is 32.2. The molecule has 12 heavy (non-hydrogen) atoms. The SMILES string of the molecule is COC(=O)C[C@H]1COS(=O)(=O)C1. The largest absolute Gasteiger partial charge is 0.469 e. The van der Waals surface area contributed by atoms with Crippen LogP contribution in [0.4, 0.5) is 0 Å². The van der Waals surface area contributed by atoms with Crippen molar-refractivity contribution >= 4 is 16.1 Å². The molecule has 1 atom stereocenters. The van der Waals surface area contributed by atoms with E-state index in [1.807, 2.05) is 0 Å². The van der Waals surface area contributed by atoms with Crippen LogP contribution in [0.25, 0.3) is 0 Å². The van der Waals surface area contributed by atoms with E-state index in [1.54, 1.807) is 0 Å². The quantitative estimate of drug-likeness (QED) is 0.439. The van der Waals surface area contributed by atoms with E-state index in [-0.39, 0.29) is 24.7 Å². The molecule has 0 saturated carbocycles. The number of ether oxygens (including phenoxy) is 1. The van der Waals surface area contributed by atoms with Gasteiger partial charge < -0.3 is 4.74 Å². The van der Waals surface area contributed by atoms with E-state index < -0.39 is 16.1 Å². The maximum Gasteiger partial charge on any atom is 0.305 e. The summed E-state index contributed by atoms with van der Waals surface area (Å²) in [5.74, 6) is -0.731. The van der Waals surface area contributed by atoms with Gasteiger partial charge in [0.1, 0.15) is 0 Å². The topological polar surface area (TPSA) is 69.7 Å². The minimum Gasteiger partial charge on any atom is -0.469 e. The zero-order valence-corrected chi connectivity index (χ0v) is 7.46. The summed E-state index contributed by atoms with van der Waals surface area (Å²) < 4.78 is 30.3. The van der Waals surface area contributed by atoms with Crippen LogP contribution in [0.15, 0.2) is 0 Å². The predicted molar refractivity (Wildman–Crippen MR) is 39.9 cm³/mol. The fraction of sp³-hybridized carbons (Fsp3) is 0.833. The van der Waals surface area contributed by atoms with Crippen LogP contribution in [-0.2, 0) is 23.8 Å². The van der Waals surface area contributed by atoms with Crippen LogP contribution in [0, 0.1) is 5.92 Å². The van der Waals surface area contributed by atoms with Gasteiger partial charge >= 0.3 is 5.97 Å². The van der Waals surface area contributed by atoms with Gasteiger partial charge in [0.25, 0.3) is 10.1 Å². The van der Waals surface area contributed by atoms with Crippen molar-refractivity contribution in [3.63, 3.8) is 0 Å². The van der Waals surface area contributed by atoms with Crippen molar-refractivity contribution in [2.24, 2.45) is 5.92 Å². The number of hydrogen-bond acceptors (Lipinski definition) is 5. The fourth-order valence-electron chi connectivity index (χ4n) is 1.02. The Balaban J connectivity index is 2.43. The molecule has 70 valence electrons. The average Bonchev–Trinajstić information content (AvgIpc) is 2.30. The van der Waals surface area contributed by atoms with Crippen molar-refractivity contribution in [2.75, 3.05) is 19.5 Å². The van der Waals surface area contributed by atoms with Gasteiger partial charge in [-0.1, -0.05) is 0 Å². The van der Waals surface area contributed by atoms with Crippen molar-refractivity contribution in [3.8, 4) is 0 Å². The highest BCUT2D eigenvalue weighted by Crippen LogP contribution is 2.18. The van der Waals surface area contributed by atoms with E-state index in [2.05, 4.69) is 8.92 Å². The Morgan fingerprint density at radius 3 is 2.75 bits per heavy atom. The third kappa shape index (κ3) is 2.46. The molecule has 0 aliphatic carbocycles. The lowest BCUT2D eigenvalue weighted by Gasteiger charge is -2.01. The molecule has 0 N–H and O–H groups in total. The van der Waals surface area contributed by atoms with Crippen LogP contribution in [0.2, 0.25) is 0 Å². The summed E-state index contributed by atoms with van der Waals surface area (Å²) in [7, 11) is -2.09. The van der Waals surface area contributed by atoms with Gasteiger partial charge in [-0.25, -0.2) is 0 Å². The molecule has 0 unspecified atom stereocenters. The molecule has 1 rings (SSSR count). The van der Waals surface area contributed by atoms with Crippen molar-refractivity contribution in [3.05, 3.63) is 0 Å². The van der Waals surface area contributed by atoms with Gasteiger partial charge in [-0.15, -0.1) is 0 Å². The van der Waals surface area contributed by atoms with Crippen LogP contribution in [0.1, 0.15) is 6.42 Å². The lowest BCUT2D eigenvalue weighted by Crippen LogP contribution is -2.12. The Morgan fingerprint density at radius 1 is 1.67 bits per heavy atom. The lowest BCUT2D eigenvalue weighted by atomic mass is 10.1. The second-order valence-electron chi connectivity index (χ2n) is 2.66.